The van der Waals surface area contributed by atoms with Crippen molar-refractivity contribution < 1.29 is 9.59 Å². The number of rotatable bonds is 7. The van der Waals surface area contributed by atoms with Gasteiger partial charge in [0.15, 0.2) is 4.34 Å². The molecule has 6 nitrogen and oxygen atoms in total. The predicted molar refractivity (Wildman–Crippen MR) is 114 cm³/mol. The molecule has 1 atom stereocenters. The number of amides is 2. The highest BCUT2D eigenvalue weighted by Gasteiger charge is 2.39. The maximum Gasteiger partial charge on any atom is 0.231 e. The van der Waals surface area contributed by atoms with Crippen molar-refractivity contribution in [3.63, 3.8) is 0 Å². The van der Waals surface area contributed by atoms with Crippen LogP contribution in [0.15, 0.2) is 34.7 Å². The highest BCUT2D eigenvalue weighted by Crippen LogP contribution is 2.29. The van der Waals surface area contributed by atoms with Gasteiger partial charge in [0, 0.05) is 24.3 Å². The van der Waals surface area contributed by atoms with Crippen molar-refractivity contribution in [2.24, 2.45) is 5.92 Å². The van der Waals surface area contributed by atoms with Crippen molar-refractivity contribution in [2.75, 3.05) is 17.6 Å². The minimum atomic E-state index is -0.336. The molecule has 1 N–H and O–H groups in total. The molecule has 1 aliphatic rings. The van der Waals surface area contributed by atoms with Crippen LogP contribution in [0.25, 0.3) is 0 Å². The molecule has 0 bridgehead atoms. The van der Waals surface area contributed by atoms with Crippen LogP contribution in [0.5, 0.6) is 0 Å². The summed E-state index contributed by atoms with van der Waals surface area (Å²) in [4.78, 5) is 26.4. The normalized spacial score (nSPS) is 17.2. The Morgan fingerprint density at radius 3 is 2.71 bits per heavy atom. The highest BCUT2D eigenvalue weighted by molar-refractivity contribution is 8.01. The smallest absolute Gasteiger partial charge is 0.231 e. The summed E-state index contributed by atoms with van der Waals surface area (Å²) in [6.07, 6.45) is 2.35. The van der Waals surface area contributed by atoms with Gasteiger partial charge in [0.05, 0.1) is 5.92 Å². The Hall–Kier alpha value is -1.93. The van der Waals surface area contributed by atoms with Crippen molar-refractivity contribution in [1.29, 1.82) is 0 Å². The molecule has 0 saturated carbocycles. The van der Waals surface area contributed by atoms with E-state index in [1.807, 2.05) is 26.8 Å². The second-order valence-electron chi connectivity index (χ2n) is 7.88. The van der Waals surface area contributed by atoms with Crippen LogP contribution in [-0.2, 0) is 16.0 Å². The quantitative estimate of drug-likeness (QED) is 0.420. The molecule has 2 amide bonds. The Kier molecular flexibility index (Phi) is 6.72. The van der Waals surface area contributed by atoms with Gasteiger partial charge in [-0.15, -0.1) is 10.2 Å². The van der Waals surface area contributed by atoms with Crippen LogP contribution in [0.1, 0.15) is 39.2 Å². The molecule has 1 aliphatic heterocycles. The maximum atomic E-state index is 12.5. The van der Waals surface area contributed by atoms with Crippen LogP contribution in [0, 0.1) is 5.92 Å². The third-order valence-electron chi connectivity index (χ3n) is 4.62. The van der Waals surface area contributed by atoms with Gasteiger partial charge in [0.2, 0.25) is 16.9 Å². The molecule has 1 unspecified atom stereocenters. The maximum absolute atomic E-state index is 12.5. The molecule has 0 aliphatic carbocycles. The second-order valence-corrected chi connectivity index (χ2v) is 10.2. The van der Waals surface area contributed by atoms with Crippen molar-refractivity contribution in [2.45, 2.75) is 49.9 Å². The van der Waals surface area contributed by atoms with E-state index in [9.17, 15) is 9.59 Å². The average molecular weight is 419 g/mol. The van der Waals surface area contributed by atoms with E-state index in [1.54, 1.807) is 16.7 Å². The molecule has 1 fully saturated rings. The molecule has 8 heteroatoms. The number of anilines is 1. The van der Waals surface area contributed by atoms with Gasteiger partial charge >= 0.3 is 0 Å². The number of nitrogens with one attached hydrogen (secondary N) is 1. The largest absolute Gasteiger partial charge is 0.337 e. The van der Waals surface area contributed by atoms with E-state index in [0.29, 0.717) is 11.7 Å². The van der Waals surface area contributed by atoms with Crippen LogP contribution in [0.3, 0.4) is 0 Å². The third kappa shape index (κ3) is 5.54. The molecule has 3 rings (SSSR count). The summed E-state index contributed by atoms with van der Waals surface area (Å²) < 4.78 is 0.849. The van der Waals surface area contributed by atoms with Crippen molar-refractivity contribution in [3.8, 4) is 0 Å². The Labute approximate surface area is 174 Å². The number of nitrogens with zero attached hydrogens (tertiary/aromatic N) is 3. The van der Waals surface area contributed by atoms with Crippen LogP contribution < -0.4 is 5.32 Å². The SMILES string of the molecule is CC(C)(C)N1CC(C(=O)Nc2nnc(SCCCc3ccccc3)s2)CC1=O. The number of thioether (sulfide) groups is 1. The van der Waals surface area contributed by atoms with E-state index in [0.717, 1.165) is 22.9 Å². The number of likely N-dealkylation sites (tertiary alicyclic amines) is 1. The molecule has 1 aromatic heterocycles. The Morgan fingerprint density at radius 2 is 2.04 bits per heavy atom. The lowest BCUT2D eigenvalue weighted by molar-refractivity contribution is -0.131. The molecular formula is C20H26N4O2S2. The zero-order chi connectivity index (χ0) is 20.1. The van der Waals surface area contributed by atoms with Crippen LogP contribution in [0.4, 0.5) is 5.13 Å². The fourth-order valence-corrected chi connectivity index (χ4v) is 4.90. The van der Waals surface area contributed by atoms with E-state index in [1.165, 1.54) is 16.9 Å². The van der Waals surface area contributed by atoms with Gasteiger partial charge < -0.3 is 10.2 Å². The summed E-state index contributed by atoms with van der Waals surface area (Å²) in [6.45, 7) is 6.40. The lowest BCUT2D eigenvalue weighted by Gasteiger charge is -2.31. The summed E-state index contributed by atoms with van der Waals surface area (Å²) in [5, 5.41) is 11.5. The molecule has 1 aromatic carbocycles. The standard InChI is InChI=1S/C20H26N4O2S2/c1-20(2,3)24-13-15(12-16(24)25)17(26)21-18-22-23-19(28-18)27-11-7-10-14-8-5-4-6-9-14/h4-6,8-9,15H,7,10-13H2,1-3H3,(H,21,22,26). The molecule has 1 saturated heterocycles. The van der Waals surface area contributed by atoms with Gasteiger partial charge in [0.1, 0.15) is 0 Å². The number of carbonyl (C=O) groups is 2. The molecule has 28 heavy (non-hydrogen) atoms. The lowest BCUT2D eigenvalue weighted by Crippen LogP contribution is -2.42. The highest BCUT2D eigenvalue weighted by atomic mass is 32.2. The monoisotopic (exact) mass is 418 g/mol. The average Bonchev–Trinajstić information content (AvgIpc) is 3.26. The summed E-state index contributed by atoms with van der Waals surface area (Å²) in [7, 11) is 0. The van der Waals surface area contributed by atoms with Gasteiger partial charge in [-0.2, -0.15) is 0 Å². The number of hydrogen-bond donors (Lipinski definition) is 1. The number of aryl methyl sites for hydroxylation is 1. The minimum Gasteiger partial charge on any atom is -0.337 e. The Bertz CT molecular complexity index is 817. The first-order chi connectivity index (χ1) is 13.3. The van der Waals surface area contributed by atoms with Gasteiger partial charge in [-0.05, 0) is 39.2 Å². The number of hydrogen-bond acceptors (Lipinski definition) is 6. The number of carbonyl (C=O) groups excluding carboxylic acids is 2. The van der Waals surface area contributed by atoms with Crippen LogP contribution in [0.2, 0.25) is 0 Å². The summed E-state index contributed by atoms with van der Waals surface area (Å²) in [5.74, 6) is 0.490. The van der Waals surface area contributed by atoms with E-state index in [4.69, 9.17) is 0 Å². The third-order valence-corrected chi connectivity index (χ3v) is 6.68. The van der Waals surface area contributed by atoms with E-state index in [2.05, 4.69) is 39.8 Å². The van der Waals surface area contributed by atoms with Gasteiger partial charge in [-0.1, -0.05) is 53.4 Å². The molecule has 2 heterocycles. The first kappa shape index (κ1) is 20.8. The first-order valence-electron chi connectivity index (χ1n) is 9.44. The Morgan fingerprint density at radius 1 is 1.29 bits per heavy atom. The minimum absolute atomic E-state index is 0.0274. The van der Waals surface area contributed by atoms with Crippen molar-refractivity contribution in [1.82, 2.24) is 15.1 Å². The summed E-state index contributed by atoms with van der Waals surface area (Å²) in [6, 6.07) is 10.4. The van der Waals surface area contributed by atoms with E-state index < -0.39 is 0 Å². The van der Waals surface area contributed by atoms with Gasteiger partial charge in [-0.3, -0.25) is 9.59 Å². The lowest BCUT2D eigenvalue weighted by atomic mass is 10.1. The van der Waals surface area contributed by atoms with Crippen molar-refractivity contribution in [3.05, 3.63) is 35.9 Å². The fourth-order valence-electron chi connectivity index (χ4n) is 3.14. The van der Waals surface area contributed by atoms with Crippen LogP contribution >= 0.6 is 23.1 Å². The fraction of sp³-hybridized carbons (Fsp3) is 0.500. The summed E-state index contributed by atoms with van der Waals surface area (Å²) >= 11 is 3.04. The van der Waals surface area contributed by atoms with Gasteiger partial charge in [0.25, 0.3) is 0 Å². The number of aromatic nitrogens is 2. The molecule has 0 spiro atoms. The first-order valence-corrected chi connectivity index (χ1v) is 11.2. The topological polar surface area (TPSA) is 75.2 Å². The number of benzene rings is 1. The van der Waals surface area contributed by atoms with Crippen molar-refractivity contribution >= 4 is 40.0 Å². The summed E-state index contributed by atoms with van der Waals surface area (Å²) in [5.41, 5.74) is 1.07. The zero-order valence-corrected chi connectivity index (χ0v) is 18.1. The second kappa shape index (κ2) is 9.05. The van der Waals surface area contributed by atoms with Gasteiger partial charge in [-0.25, -0.2) is 0 Å². The van der Waals surface area contributed by atoms with E-state index in [-0.39, 0.29) is 29.7 Å². The molecule has 0 radical (unpaired) electrons. The predicted octanol–water partition coefficient (Wildman–Crippen LogP) is 3.85. The molecule has 2 aromatic rings. The Balaban J connectivity index is 1.44. The molecular weight excluding hydrogens is 392 g/mol. The molecule has 150 valence electrons. The van der Waals surface area contributed by atoms with Crippen LogP contribution in [-0.4, -0.2) is 44.7 Å². The zero-order valence-electron chi connectivity index (χ0n) is 16.5. The van der Waals surface area contributed by atoms with E-state index >= 15 is 0 Å².